The predicted molar refractivity (Wildman–Crippen MR) is 178 cm³/mol. The molecular weight excluding hydrogens is 682 g/mol. The molecule has 0 fully saturated rings. The van der Waals surface area contributed by atoms with E-state index in [9.17, 15) is 36.9 Å². The number of rotatable bonds is 4. The number of hydrogen-bond acceptors (Lipinski definition) is 4. The molecule has 2 aliphatic rings. The van der Waals surface area contributed by atoms with Crippen molar-refractivity contribution in [1.29, 1.82) is 10.5 Å². The zero-order valence-corrected chi connectivity index (χ0v) is 26.1. The molecule has 0 radical (unpaired) electrons. The molecule has 0 atom stereocenters. The summed E-state index contributed by atoms with van der Waals surface area (Å²) in [6.07, 6.45) is -9.79. The summed E-state index contributed by atoms with van der Waals surface area (Å²) >= 11 is 0. The van der Waals surface area contributed by atoms with Crippen LogP contribution in [0.3, 0.4) is 0 Å². The van der Waals surface area contributed by atoms with Crippen LogP contribution in [0.1, 0.15) is 22.3 Å². The van der Waals surface area contributed by atoms with Gasteiger partial charge in [-0.3, -0.25) is 0 Å². The summed E-state index contributed by atoms with van der Waals surface area (Å²) in [6.45, 7) is 15.6. The minimum atomic E-state index is -4.89. The van der Waals surface area contributed by atoms with Gasteiger partial charge in [0.15, 0.2) is 0 Å². The standard InChI is InChI=1S/C40H16F6N4O2/c1-49-35(19-47)37-31-15-23(21-5-3-7-25(13-21)51-39(41,42)43)9-11-27(31)29-18-34-30(17-33(29)37)28-12-10-24(16-32(28)38(34)36(20-48)50-2)22-6-4-8-26(14-22)52-40(44,45)46/h3-18H. The highest BCUT2D eigenvalue weighted by atomic mass is 19.4. The van der Waals surface area contributed by atoms with E-state index in [-0.39, 0.29) is 11.4 Å². The first kappa shape index (κ1) is 33.2. The van der Waals surface area contributed by atoms with Gasteiger partial charge in [-0.25, -0.2) is 20.2 Å². The summed E-state index contributed by atoms with van der Waals surface area (Å²) in [6, 6.07) is 28.4. The van der Waals surface area contributed by atoms with Gasteiger partial charge in [0.25, 0.3) is 11.4 Å². The number of nitrogens with zero attached hydrogens (tertiary/aromatic N) is 4. The minimum Gasteiger partial charge on any atom is -0.406 e. The molecule has 0 aromatic heterocycles. The fourth-order valence-corrected chi connectivity index (χ4v) is 6.61. The zero-order chi connectivity index (χ0) is 36.9. The van der Waals surface area contributed by atoms with Crippen molar-refractivity contribution in [2.24, 2.45) is 0 Å². The lowest BCUT2D eigenvalue weighted by Crippen LogP contribution is -2.17. The molecule has 6 nitrogen and oxygen atoms in total. The second-order valence-electron chi connectivity index (χ2n) is 11.5. The van der Waals surface area contributed by atoms with Gasteiger partial charge in [-0.1, -0.05) is 48.5 Å². The largest absolute Gasteiger partial charge is 0.573 e. The molecule has 5 aromatic carbocycles. The fraction of sp³-hybridized carbons (Fsp3) is 0.0500. The number of fused-ring (bicyclic) bond motifs is 6. The molecule has 0 unspecified atom stereocenters. The van der Waals surface area contributed by atoms with Gasteiger partial charge in [-0.05, 0) is 115 Å². The molecule has 5 aromatic rings. The predicted octanol–water partition coefficient (Wildman–Crippen LogP) is 11.2. The molecule has 0 heterocycles. The second kappa shape index (κ2) is 12.2. The Morgan fingerprint density at radius 3 is 1.19 bits per heavy atom. The van der Waals surface area contributed by atoms with E-state index in [1.54, 1.807) is 60.7 Å². The van der Waals surface area contributed by atoms with Crippen LogP contribution in [0.4, 0.5) is 26.3 Å². The topological polar surface area (TPSA) is 74.8 Å². The highest BCUT2D eigenvalue weighted by Crippen LogP contribution is 2.54. The van der Waals surface area contributed by atoms with Crippen molar-refractivity contribution in [3.05, 3.63) is 154 Å². The molecule has 0 N–H and O–H groups in total. The van der Waals surface area contributed by atoms with E-state index >= 15 is 0 Å². The van der Waals surface area contributed by atoms with Crippen molar-refractivity contribution in [1.82, 2.24) is 0 Å². The molecule has 0 saturated carbocycles. The van der Waals surface area contributed by atoms with E-state index < -0.39 is 24.2 Å². The van der Waals surface area contributed by atoms with Crippen LogP contribution in [0.5, 0.6) is 11.5 Å². The van der Waals surface area contributed by atoms with Gasteiger partial charge in [0.2, 0.25) is 0 Å². The molecule has 0 spiro atoms. The van der Waals surface area contributed by atoms with E-state index in [0.717, 1.165) is 0 Å². The van der Waals surface area contributed by atoms with Gasteiger partial charge in [0, 0.05) is 11.1 Å². The Labute approximate surface area is 291 Å². The number of benzene rings is 5. The molecular formula is C40H16F6N4O2. The highest BCUT2D eigenvalue weighted by molar-refractivity contribution is 6.11. The fourth-order valence-electron chi connectivity index (χ4n) is 6.61. The van der Waals surface area contributed by atoms with Gasteiger partial charge < -0.3 is 9.47 Å². The first-order chi connectivity index (χ1) is 24.8. The molecule has 2 aliphatic carbocycles. The second-order valence-corrected chi connectivity index (χ2v) is 11.5. The van der Waals surface area contributed by atoms with Crippen molar-refractivity contribution in [3.8, 4) is 68.1 Å². The van der Waals surface area contributed by atoms with Crippen LogP contribution in [0.25, 0.3) is 65.3 Å². The molecule has 0 amide bonds. The third-order valence-electron chi connectivity index (χ3n) is 8.57. The summed E-state index contributed by atoms with van der Waals surface area (Å²) < 4.78 is 85.8. The number of hydrogen-bond donors (Lipinski definition) is 0. The first-order valence-electron chi connectivity index (χ1n) is 15.1. The molecule has 52 heavy (non-hydrogen) atoms. The van der Waals surface area contributed by atoms with Crippen LogP contribution < -0.4 is 9.47 Å². The van der Waals surface area contributed by atoms with Crippen LogP contribution in [0.2, 0.25) is 0 Å². The SMILES string of the molecule is [C-]#[N+]C(C#N)=C1c2cc(-c3cccc(OC(F)(F)F)c3)ccc2-c2cc3c(cc21)-c1ccc(-c2cccc(OC(F)(F)F)c2)cc1C3=C(C#N)[N+]#[C-]. The Morgan fingerprint density at radius 1 is 0.481 bits per heavy atom. The van der Waals surface area contributed by atoms with E-state index in [1.165, 1.54) is 36.4 Å². The van der Waals surface area contributed by atoms with Gasteiger partial charge in [-0.2, -0.15) is 0 Å². The maximum atomic E-state index is 12.9. The lowest BCUT2D eigenvalue weighted by molar-refractivity contribution is -0.275. The highest BCUT2D eigenvalue weighted by Gasteiger charge is 2.35. The molecule has 0 aliphatic heterocycles. The third-order valence-corrected chi connectivity index (χ3v) is 8.57. The number of nitriles is 2. The van der Waals surface area contributed by atoms with Crippen molar-refractivity contribution < 1.29 is 35.8 Å². The van der Waals surface area contributed by atoms with Crippen LogP contribution in [0, 0.1) is 35.8 Å². The summed E-state index contributed by atoms with van der Waals surface area (Å²) in [7, 11) is 0. The summed E-state index contributed by atoms with van der Waals surface area (Å²) in [5.41, 5.74) is 6.32. The summed E-state index contributed by atoms with van der Waals surface area (Å²) in [5.74, 6) is -0.840. The van der Waals surface area contributed by atoms with Crippen molar-refractivity contribution >= 4 is 11.1 Å². The van der Waals surface area contributed by atoms with Gasteiger partial charge in [0.05, 0.1) is 25.3 Å². The Hall–Kier alpha value is -7.28. The van der Waals surface area contributed by atoms with Gasteiger partial charge in [0.1, 0.15) is 11.5 Å². The van der Waals surface area contributed by atoms with Crippen molar-refractivity contribution in [3.63, 3.8) is 0 Å². The minimum absolute atomic E-state index is 0.226. The molecule has 0 bridgehead atoms. The smallest absolute Gasteiger partial charge is 0.406 e. The Kier molecular flexibility index (Phi) is 7.82. The normalized spacial score (nSPS) is 14.3. The van der Waals surface area contributed by atoms with Crippen LogP contribution >= 0.6 is 0 Å². The average Bonchev–Trinajstić information content (AvgIpc) is 3.58. The quantitative estimate of drug-likeness (QED) is 0.104. The Balaban J connectivity index is 1.40. The zero-order valence-electron chi connectivity index (χ0n) is 26.1. The van der Waals surface area contributed by atoms with E-state index in [2.05, 4.69) is 19.2 Å². The maximum Gasteiger partial charge on any atom is 0.573 e. The number of alkyl halides is 6. The van der Waals surface area contributed by atoms with E-state index in [0.29, 0.717) is 77.9 Å². The summed E-state index contributed by atoms with van der Waals surface area (Å²) in [4.78, 5) is 6.95. The van der Waals surface area contributed by atoms with Crippen LogP contribution in [-0.4, -0.2) is 12.7 Å². The summed E-state index contributed by atoms with van der Waals surface area (Å²) in [5, 5.41) is 20.1. The monoisotopic (exact) mass is 698 g/mol. The maximum absolute atomic E-state index is 12.9. The van der Waals surface area contributed by atoms with Crippen LogP contribution in [-0.2, 0) is 0 Å². The van der Waals surface area contributed by atoms with E-state index in [4.69, 9.17) is 13.1 Å². The molecule has 12 heteroatoms. The average molecular weight is 699 g/mol. The third kappa shape index (κ3) is 5.85. The lowest BCUT2D eigenvalue weighted by Gasteiger charge is -2.11. The Bertz CT molecular complexity index is 2400. The van der Waals surface area contributed by atoms with Crippen LogP contribution in [0.15, 0.2) is 108 Å². The van der Waals surface area contributed by atoms with Crippen molar-refractivity contribution in [2.75, 3.05) is 0 Å². The first-order valence-corrected chi connectivity index (χ1v) is 15.1. The Morgan fingerprint density at radius 2 is 0.846 bits per heavy atom. The molecule has 250 valence electrons. The molecule has 0 saturated heterocycles. The van der Waals surface area contributed by atoms with Gasteiger partial charge in [-0.15, -0.1) is 26.3 Å². The molecule has 7 rings (SSSR count). The number of halogens is 6. The lowest BCUT2D eigenvalue weighted by atomic mass is 9.95. The van der Waals surface area contributed by atoms with Crippen molar-refractivity contribution in [2.45, 2.75) is 12.7 Å². The number of allylic oxidation sites excluding steroid dienone is 2. The van der Waals surface area contributed by atoms with E-state index in [1.807, 2.05) is 12.1 Å². The number of ether oxygens (including phenoxy) is 2. The van der Waals surface area contributed by atoms with Gasteiger partial charge >= 0.3 is 12.7 Å².